The van der Waals surface area contributed by atoms with Gasteiger partial charge in [0.1, 0.15) is 5.01 Å². The molecule has 1 saturated carbocycles. The molecular weight excluding hydrogens is 242 g/mol. The van der Waals surface area contributed by atoms with E-state index in [1.165, 1.54) is 30.7 Å². The van der Waals surface area contributed by atoms with Crippen LogP contribution in [-0.4, -0.2) is 18.1 Å². The molecule has 3 N–H and O–H groups in total. The van der Waals surface area contributed by atoms with Gasteiger partial charge in [-0.2, -0.15) is 0 Å². The number of rotatable bonds is 5. The Morgan fingerprint density at radius 2 is 2.17 bits per heavy atom. The molecule has 1 aromatic heterocycles. The van der Waals surface area contributed by atoms with Crippen LogP contribution in [0, 0.1) is 18.8 Å². The first-order chi connectivity index (χ1) is 8.70. The van der Waals surface area contributed by atoms with E-state index < -0.39 is 0 Å². The monoisotopic (exact) mass is 267 g/mol. The zero-order valence-corrected chi connectivity index (χ0v) is 12.3. The lowest BCUT2D eigenvalue weighted by molar-refractivity contribution is 0.231. The van der Waals surface area contributed by atoms with Gasteiger partial charge in [0, 0.05) is 11.1 Å². The molecule has 3 nitrogen and oxygen atoms in total. The van der Waals surface area contributed by atoms with Crippen molar-refractivity contribution in [1.82, 2.24) is 10.3 Å². The molecule has 1 aliphatic rings. The summed E-state index contributed by atoms with van der Waals surface area (Å²) in [5.74, 6) is 1.48. The fraction of sp³-hybridized carbons (Fsp3) is 0.786. The molecule has 0 bridgehead atoms. The van der Waals surface area contributed by atoms with Crippen LogP contribution in [-0.2, 0) is 0 Å². The highest BCUT2D eigenvalue weighted by Crippen LogP contribution is 2.29. The molecule has 0 aromatic carbocycles. The molecule has 0 aliphatic heterocycles. The number of aryl methyl sites for hydroxylation is 1. The number of aromatic nitrogens is 1. The lowest BCUT2D eigenvalue weighted by Crippen LogP contribution is -2.35. The van der Waals surface area contributed by atoms with Crippen LogP contribution in [0.15, 0.2) is 5.38 Å². The number of nitrogens with zero attached hydrogens (tertiary/aromatic N) is 1. The third-order valence-electron chi connectivity index (χ3n) is 4.06. The summed E-state index contributed by atoms with van der Waals surface area (Å²) in [6.45, 7) is 6.19. The van der Waals surface area contributed by atoms with Crippen molar-refractivity contribution < 1.29 is 0 Å². The van der Waals surface area contributed by atoms with Crippen LogP contribution in [0.1, 0.15) is 49.4 Å². The summed E-state index contributed by atoms with van der Waals surface area (Å²) in [4.78, 5) is 4.54. The van der Waals surface area contributed by atoms with Crippen molar-refractivity contribution in [1.29, 1.82) is 0 Å². The Morgan fingerprint density at radius 3 is 2.78 bits per heavy atom. The third-order valence-corrected chi connectivity index (χ3v) is 5.21. The topological polar surface area (TPSA) is 50.9 Å². The van der Waals surface area contributed by atoms with E-state index in [2.05, 4.69) is 29.5 Å². The summed E-state index contributed by atoms with van der Waals surface area (Å²) in [5.41, 5.74) is 7.00. The first-order valence-electron chi connectivity index (χ1n) is 7.06. The number of nitrogens with two attached hydrogens (primary N) is 1. The SMILES string of the molecule is Cc1csc(C(C)NCC2CCCCC2CN)n1. The first kappa shape index (κ1) is 14.0. The summed E-state index contributed by atoms with van der Waals surface area (Å²) in [6, 6.07) is 0.365. The minimum Gasteiger partial charge on any atom is -0.330 e. The van der Waals surface area contributed by atoms with Gasteiger partial charge in [-0.25, -0.2) is 4.98 Å². The van der Waals surface area contributed by atoms with E-state index in [1.807, 2.05) is 0 Å². The Hall–Kier alpha value is -0.450. The van der Waals surface area contributed by atoms with Crippen molar-refractivity contribution in [2.75, 3.05) is 13.1 Å². The number of nitrogens with one attached hydrogen (secondary N) is 1. The van der Waals surface area contributed by atoms with Gasteiger partial charge in [0.15, 0.2) is 0 Å². The van der Waals surface area contributed by atoms with E-state index in [0.717, 1.165) is 30.6 Å². The second kappa shape index (κ2) is 6.64. The molecule has 0 amide bonds. The second-order valence-electron chi connectivity index (χ2n) is 5.50. The molecule has 1 heterocycles. The minimum atomic E-state index is 0.365. The summed E-state index contributed by atoms with van der Waals surface area (Å²) in [5, 5.41) is 6.96. The van der Waals surface area contributed by atoms with Gasteiger partial charge in [0.25, 0.3) is 0 Å². The molecule has 18 heavy (non-hydrogen) atoms. The summed E-state index contributed by atoms with van der Waals surface area (Å²) in [7, 11) is 0. The molecule has 2 rings (SSSR count). The molecule has 0 spiro atoms. The average molecular weight is 267 g/mol. The van der Waals surface area contributed by atoms with Gasteiger partial charge in [0.2, 0.25) is 0 Å². The van der Waals surface area contributed by atoms with Crippen LogP contribution in [0.2, 0.25) is 0 Å². The fourth-order valence-electron chi connectivity index (χ4n) is 2.85. The highest BCUT2D eigenvalue weighted by atomic mass is 32.1. The van der Waals surface area contributed by atoms with Crippen LogP contribution >= 0.6 is 11.3 Å². The smallest absolute Gasteiger partial charge is 0.110 e. The Morgan fingerprint density at radius 1 is 1.44 bits per heavy atom. The van der Waals surface area contributed by atoms with Crippen LogP contribution < -0.4 is 11.1 Å². The quantitative estimate of drug-likeness (QED) is 0.862. The van der Waals surface area contributed by atoms with E-state index in [-0.39, 0.29) is 0 Å². The zero-order valence-electron chi connectivity index (χ0n) is 11.5. The molecule has 1 aromatic rings. The second-order valence-corrected chi connectivity index (χ2v) is 6.39. The van der Waals surface area contributed by atoms with Gasteiger partial charge in [-0.05, 0) is 51.6 Å². The number of hydrogen-bond donors (Lipinski definition) is 2. The third kappa shape index (κ3) is 3.53. The van der Waals surface area contributed by atoms with Crippen LogP contribution in [0.3, 0.4) is 0 Å². The zero-order chi connectivity index (χ0) is 13.0. The maximum absolute atomic E-state index is 5.88. The van der Waals surface area contributed by atoms with Gasteiger partial charge in [0.05, 0.1) is 6.04 Å². The average Bonchev–Trinajstić information content (AvgIpc) is 2.83. The lowest BCUT2D eigenvalue weighted by atomic mass is 9.79. The first-order valence-corrected chi connectivity index (χ1v) is 7.94. The van der Waals surface area contributed by atoms with Crippen LogP contribution in [0.5, 0.6) is 0 Å². The van der Waals surface area contributed by atoms with E-state index in [1.54, 1.807) is 11.3 Å². The maximum Gasteiger partial charge on any atom is 0.110 e. The minimum absolute atomic E-state index is 0.365. The molecule has 3 unspecified atom stereocenters. The van der Waals surface area contributed by atoms with Gasteiger partial charge in [-0.1, -0.05) is 12.8 Å². The highest BCUT2D eigenvalue weighted by molar-refractivity contribution is 7.09. The van der Waals surface area contributed by atoms with E-state index in [4.69, 9.17) is 5.73 Å². The number of thiazole rings is 1. The molecule has 102 valence electrons. The Balaban J connectivity index is 1.83. The molecule has 3 atom stereocenters. The fourth-order valence-corrected chi connectivity index (χ4v) is 3.68. The van der Waals surface area contributed by atoms with Crippen molar-refractivity contribution in [2.45, 2.75) is 45.6 Å². The van der Waals surface area contributed by atoms with Crippen molar-refractivity contribution >= 4 is 11.3 Å². The van der Waals surface area contributed by atoms with Gasteiger partial charge in [-0.15, -0.1) is 11.3 Å². The predicted octanol–water partition coefficient (Wildman–Crippen LogP) is 2.87. The predicted molar refractivity (Wildman–Crippen MR) is 77.8 cm³/mol. The van der Waals surface area contributed by atoms with Gasteiger partial charge in [-0.3, -0.25) is 0 Å². The Labute approximate surface area is 114 Å². The summed E-state index contributed by atoms with van der Waals surface area (Å²) >= 11 is 1.75. The summed E-state index contributed by atoms with van der Waals surface area (Å²) < 4.78 is 0. The summed E-state index contributed by atoms with van der Waals surface area (Å²) in [6.07, 6.45) is 5.37. The van der Waals surface area contributed by atoms with Crippen LogP contribution in [0.25, 0.3) is 0 Å². The van der Waals surface area contributed by atoms with Crippen molar-refractivity contribution in [3.8, 4) is 0 Å². The van der Waals surface area contributed by atoms with E-state index in [0.29, 0.717) is 6.04 Å². The van der Waals surface area contributed by atoms with Gasteiger partial charge < -0.3 is 11.1 Å². The van der Waals surface area contributed by atoms with Crippen molar-refractivity contribution in [3.05, 3.63) is 16.1 Å². The molecule has 0 radical (unpaired) electrons. The largest absolute Gasteiger partial charge is 0.330 e. The Bertz CT molecular complexity index is 364. The normalized spacial score (nSPS) is 26.2. The molecule has 4 heteroatoms. The van der Waals surface area contributed by atoms with Crippen molar-refractivity contribution in [3.63, 3.8) is 0 Å². The highest BCUT2D eigenvalue weighted by Gasteiger charge is 2.24. The number of hydrogen-bond acceptors (Lipinski definition) is 4. The molecule has 1 fully saturated rings. The maximum atomic E-state index is 5.88. The van der Waals surface area contributed by atoms with Crippen LogP contribution in [0.4, 0.5) is 0 Å². The van der Waals surface area contributed by atoms with Gasteiger partial charge >= 0.3 is 0 Å². The molecular formula is C14H25N3S. The van der Waals surface area contributed by atoms with E-state index in [9.17, 15) is 0 Å². The standard InChI is InChI=1S/C14H25N3S/c1-10-9-18-14(17-10)11(2)16-8-13-6-4-3-5-12(13)7-15/h9,11-13,16H,3-8,15H2,1-2H3. The van der Waals surface area contributed by atoms with E-state index >= 15 is 0 Å². The lowest BCUT2D eigenvalue weighted by Gasteiger charge is -2.31. The molecule has 0 saturated heterocycles. The Kier molecular flexibility index (Phi) is 5.15. The van der Waals surface area contributed by atoms with Crippen molar-refractivity contribution in [2.24, 2.45) is 17.6 Å². The molecule has 1 aliphatic carbocycles.